The summed E-state index contributed by atoms with van der Waals surface area (Å²) in [4.78, 5) is 2.38. The second-order valence-corrected chi connectivity index (χ2v) is 8.42. The Balaban J connectivity index is 1.42. The molecule has 0 aromatic carbocycles. The standard InChI is InChI=1S/C18H33NO2/c1-17(2)14-6-8-18(17,3)16(12-14)21-11-7-15(20)13-19-9-4-5-10-19/h14-16,20H,4-13H2,1-3H3/t14-,15+,16-,18+/m1/s1. The first-order chi connectivity index (χ1) is 9.93. The minimum atomic E-state index is -0.220. The molecule has 1 N–H and O–H groups in total. The highest BCUT2D eigenvalue weighted by molar-refractivity contribution is 5.11. The Morgan fingerprint density at radius 3 is 2.52 bits per heavy atom. The number of rotatable bonds is 6. The lowest BCUT2D eigenvalue weighted by atomic mass is 9.70. The van der Waals surface area contributed by atoms with E-state index in [-0.39, 0.29) is 6.10 Å². The van der Waals surface area contributed by atoms with Crippen LogP contribution >= 0.6 is 0 Å². The summed E-state index contributed by atoms with van der Waals surface area (Å²) in [7, 11) is 0. The first kappa shape index (κ1) is 15.8. The molecule has 3 rings (SSSR count). The molecule has 0 radical (unpaired) electrons. The van der Waals surface area contributed by atoms with E-state index in [0.717, 1.165) is 38.6 Å². The maximum absolute atomic E-state index is 10.2. The number of β-amino-alcohol motifs (C(OH)–C–C–N with tert-alkyl or cyclic N) is 1. The van der Waals surface area contributed by atoms with Gasteiger partial charge in [0.05, 0.1) is 12.2 Å². The van der Waals surface area contributed by atoms with E-state index in [9.17, 15) is 5.11 Å². The van der Waals surface area contributed by atoms with Gasteiger partial charge in [0.2, 0.25) is 0 Å². The van der Waals surface area contributed by atoms with E-state index < -0.39 is 0 Å². The molecular formula is C18H33NO2. The molecular weight excluding hydrogens is 262 g/mol. The highest BCUT2D eigenvalue weighted by Gasteiger charge is 2.61. The van der Waals surface area contributed by atoms with Crippen LogP contribution in [0.3, 0.4) is 0 Å². The van der Waals surface area contributed by atoms with Gasteiger partial charge >= 0.3 is 0 Å². The summed E-state index contributed by atoms with van der Waals surface area (Å²) in [5.41, 5.74) is 0.767. The summed E-state index contributed by atoms with van der Waals surface area (Å²) in [6.45, 7) is 11.2. The molecule has 0 unspecified atom stereocenters. The molecule has 3 aliphatic rings. The topological polar surface area (TPSA) is 32.7 Å². The zero-order valence-corrected chi connectivity index (χ0v) is 14.1. The molecule has 4 atom stereocenters. The molecule has 2 bridgehead atoms. The average Bonchev–Trinajstić information content (AvgIpc) is 3.04. The lowest BCUT2D eigenvalue weighted by molar-refractivity contribution is -0.0561. The fourth-order valence-electron chi connectivity index (χ4n) is 5.08. The van der Waals surface area contributed by atoms with Crippen molar-refractivity contribution in [2.75, 3.05) is 26.2 Å². The Kier molecular flexibility index (Phi) is 4.37. The smallest absolute Gasteiger partial charge is 0.0689 e. The number of aliphatic hydroxyl groups is 1. The Bertz CT molecular complexity index is 364. The van der Waals surface area contributed by atoms with Crippen LogP contribution < -0.4 is 0 Å². The van der Waals surface area contributed by atoms with Gasteiger partial charge in [-0.25, -0.2) is 0 Å². The molecule has 1 aliphatic heterocycles. The quantitative estimate of drug-likeness (QED) is 0.817. The third-order valence-corrected chi connectivity index (χ3v) is 7.15. The number of likely N-dealkylation sites (tertiary alicyclic amines) is 1. The summed E-state index contributed by atoms with van der Waals surface area (Å²) in [6, 6.07) is 0. The third kappa shape index (κ3) is 2.77. The number of ether oxygens (including phenoxy) is 1. The van der Waals surface area contributed by atoms with Crippen LogP contribution in [0.1, 0.15) is 59.3 Å². The van der Waals surface area contributed by atoms with E-state index >= 15 is 0 Å². The molecule has 2 saturated carbocycles. The Labute approximate surface area is 130 Å². The van der Waals surface area contributed by atoms with Crippen molar-refractivity contribution in [1.82, 2.24) is 4.90 Å². The molecule has 3 heteroatoms. The first-order valence-corrected chi connectivity index (χ1v) is 8.95. The summed E-state index contributed by atoms with van der Waals surface area (Å²) in [5, 5.41) is 10.2. The third-order valence-electron chi connectivity index (χ3n) is 7.15. The van der Waals surface area contributed by atoms with Gasteiger partial charge in [0.15, 0.2) is 0 Å². The molecule has 3 nitrogen and oxygen atoms in total. The van der Waals surface area contributed by atoms with Crippen molar-refractivity contribution in [1.29, 1.82) is 0 Å². The van der Waals surface area contributed by atoms with E-state index in [0.29, 0.717) is 16.9 Å². The predicted molar refractivity (Wildman–Crippen MR) is 85.3 cm³/mol. The molecule has 0 aromatic heterocycles. The molecule has 122 valence electrons. The highest BCUT2D eigenvalue weighted by atomic mass is 16.5. The van der Waals surface area contributed by atoms with Gasteiger partial charge in [-0.1, -0.05) is 20.8 Å². The van der Waals surface area contributed by atoms with Crippen LogP contribution in [-0.4, -0.2) is 48.5 Å². The Hall–Kier alpha value is -0.120. The fourth-order valence-corrected chi connectivity index (χ4v) is 5.08. The van der Waals surface area contributed by atoms with Gasteiger partial charge < -0.3 is 14.7 Å². The van der Waals surface area contributed by atoms with Crippen LogP contribution in [0, 0.1) is 16.7 Å². The van der Waals surface area contributed by atoms with Crippen LogP contribution in [0.4, 0.5) is 0 Å². The Morgan fingerprint density at radius 2 is 1.95 bits per heavy atom. The van der Waals surface area contributed by atoms with Crippen LogP contribution in [0.25, 0.3) is 0 Å². The van der Waals surface area contributed by atoms with E-state index in [1.54, 1.807) is 0 Å². The first-order valence-electron chi connectivity index (χ1n) is 8.95. The van der Waals surface area contributed by atoms with Gasteiger partial charge in [0.25, 0.3) is 0 Å². The minimum Gasteiger partial charge on any atom is -0.392 e. The monoisotopic (exact) mass is 295 g/mol. The van der Waals surface area contributed by atoms with Crippen molar-refractivity contribution in [2.24, 2.45) is 16.7 Å². The van der Waals surface area contributed by atoms with Crippen LogP contribution in [0.5, 0.6) is 0 Å². The molecule has 1 saturated heterocycles. The summed E-state index contributed by atoms with van der Waals surface area (Å²) in [5.74, 6) is 0.835. The van der Waals surface area contributed by atoms with Gasteiger partial charge in [-0.3, -0.25) is 0 Å². The lowest BCUT2D eigenvalue weighted by Crippen LogP contribution is -2.38. The molecule has 0 amide bonds. The van der Waals surface area contributed by atoms with Crippen molar-refractivity contribution in [3.63, 3.8) is 0 Å². The van der Waals surface area contributed by atoms with Crippen LogP contribution in [0.2, 0.25) is 0 Å². The predicted octanol–water partition coefficient (Wildman–Crippen LogP) is 3.06. The normalized spacial score (nSPS) is 40.0. The Morgan fingerprint density at radius 1 is 1.24 bits per heavy atom. The largest absolute Gasteiger partial charge is 0.392 e. The lowest BCUT2D eigenvalue weighted by Gasteiger charge is -2.39. The SMILES string of the molecule is CC1(C)[C@@H]2CC[C@@]1(C)[C@H](OCC[C@H](O)CN1CCCC1)C2. The van der Waals surface area contributed by atoms with Crippen molar-refractivity contribution in [2.45, 2.75) is 71.5 Å². The number of nitrogens with zero attached hydrogens (tertiary/aromatic N) is 1. The zero-order chi connectivity index (χ0) is 15.1. The van der Waals surface area contributed by atoms with Crippen molar-refractivity contribution < 1.29 is 9.84 Å². The van der Waals surface area contributed by atoms with Gasteiger partial charge in [0.1, 0.15) is 0 Å². The number of hydrogen-bond acceptors (Lipinski definition) is 3. The molecule has 0 spiro atoms. The second kappa shape index (κ2) is 5.82. The molecule has 0 aromatic rings. The minimum absolute atomic E-state index is 0.220. The van der Waals surface area contributed by atoms with Gasteiger partial charge in [-0.15, -0.1) is 0 Å². The van der Waals surface area contributed by atoms with Crippen molar-refractivity contribution >= 4 is 0 Å². The molecule has 1 heterocycles. The van der Waals surface area contributed by atoms with Crippen LogP contribution in [0.15, 0.2) is 0 Å². The number of hydrogen-bond donors (Lipinski definition) is 1. The van der Waals surface area contributed by atoms with Crippen LogP contribution in [-0.2, 0) is 4.74 Å². The number of aliphatic hydroxyl groups excluding tert-OH is 1. The van der Waals surface area contributed by atoms with E-state index in [1.165, 1.54) is 32.1 Å². The van der Waals surface area contributed by atoms with E-state index in [4.69, 9.17) is 4.74 Å². The van der Waals surface area contributed by atoms with Crippen molar-refractivity contribution in [3.8, 4) is 0 Å². The summed E-state index contributed by atoms with van der Waals surface area (Å²) in [6.07, 6.45) is 7.47. The molecule has 3 fully saturated rings. The van der Waals surface area contributed by atoms with Gasteiger partial charge in [0, 0.05) is 13.2 Å². The molecule has 21 heavy (non-hydrogen) atoms. The maximum Gasteiger partial charge on any atom is 0.0689 e. The second-order valence-electron chi connectivity index (χ2n) is 8.42. The maximum atomic E-state index is 10.2. The highest BCUT2D eigenvalue weighted by Crippen LogP contribution is 2.66. The zero-order valence-electron chi connectivity index (χ0n) is 14.1. The van der Waals surface area contributed by atoms with Crippen molar-refractivity contribution in [3.05, 3.63) is 0 Å². The summed E-state index contributed by atoms with van der Waals surface area (Å²) >= 11 is 0. The molecule has 2 aliphatic carbocycles. The van der Waals surface area contributed by atoms with Gasteiger partial charge in [-0.05, 0) is 68.4 Å². The van der Waals surface area contributed by atoms with Gasteiger partial charge in [-0.2, -0.15) is 0 Å². The number of fused-ring (bicyclic) bond motifs is 2. The average molecular weight is 295 g/mol. The fraction of sp³-hybridized carbons (Fsp3) is 1.00. The van der Waals surface area contributed by atoms with E-state index in [1.807, 2.05) is 0 Å². The van der Waals surface area contributed by atoms with E-state index in [2.05, 4.69) is 25.7 Å². The summed E-state index contributed by atoms with van der Waals surface area (Å²) < 4.78 is 6.23.